The number of hydrazine groups is 1. The second kappa shape index (κ2) is 7.31. The summed E-state index contributed by atoms with van der Waals surface area (Å²) in [5.74, 6) is 0.413. The molecular formula is C20H27N5O2. The summed E-state index contributed by atoms with van der Waals surface area (Å²) in [5, 5.41) is 10.2. The van der Waals surface area contributed by atoms with Crippen molar-refractivity contribution in [1.29, 1.82) is 0 Å². The number of hydrogen-bond acceptors (Lipinski definition) is 5. The van der Waals surface area contributed by atoms with Gasteiger partial charge in [0.15, 0.2) is 0 Å². The van der Waals surface area contributed by atoms with Gasteiger partial charge in [-0.15, -0.1) is 0 Å². The summed E-state index contributed by atoms with van der Waals surface area (Å²) >= 11 is 0. The zero-order chi connectivity index (χ0) is 19.0. The van der Waals surface area contributed by atoms with E-state index in [2.05, 4.69) is 29.7 Å². The molecule has 1 aromatic rings. The molecule has 1 saturated carbocycles. The van der Waals surface area contributed by atoms with Gasteiger partial charge in [-0.05, 0) is 36.5 Å². The second-order valence-corrected chi connectivity index (χ2v) is 7.99. The van der Waals surface area contributed by atoms with E-state index in [1.54, 1.807) is 6.34 Å². The van der Waals surface area contributed by atoms with Crippen molar-refractivity contribution < 1.29 is 9.59 Å². The fourth-order valence-corrected chi connectivity index (χ4v) is 4.32. The number of amides is 2. The first-order chi connectivity index (χ1) is 13.0. The highest BCUT2D eigenvalue weighted by atomic mass is 16.2. The molecule has 1 aliphatic carbocycles. The molecule has 1 aromatic carbocycles. The molecule has 2 fully saturated rings. The molecule has 0 bridgehead atoms. The van der Waals surface area contributed by atoms with E-state index >= 15 is 0 Å². The third-order valence-corrected chi connectivity index (χ3v) is 5.82. The lowest BCUT2D eigenvalue weighted by Crippen LogP contribution is -2.53. The molecule has 144 valence electrons. The summed E-state index contributed by atoms with van der Waals surface area (Å²) in [7, 11) is 0. The van der Waals surface area contributed by atoms with Crippen LogP contribution in [0.25, 0.3) is 0 Å². The summed E-state index contributed by atoms with van der Waals surface area (Å²) in [6, 6.07) is 7.90. The zero-order valence-electron chi connectivity index (χ0n) is 15.9. The Labute approximate surface area is 159 Å². The summed E-state index contributed by atoms with van der Waals surface area (Å²) in [6.07, 6.45) is 6.13. The maximum atomic E-state index is 12.9. The van der Waals surface area contributed by atoms with Crippen LogP contribution in [0.4, 0.5) is 5.69 Å². The number of hydrazone groups is 1. The van der Waals surface area contributed by atoms with Gasteiger partial charge in [-0.25, -0.2) is 10.4 Å². The van der Waals surface area contributed by atoms with Crippen molar-refractivity contribution in [3.8, 4) is 0 Å². The molecule has 7 heteroatoms. The lowest BCUT2D eigenvalue weighted by Gasteiger charge is -2.32. The molecule has 3 unspecified atom stereocenters. The van der Waals surface area contributed by atoms with Crippen LogP contribution in [0.15, 0.2) is 29.4 Å². The van der Waals surface area contributed by atoms with E-state index in [0.717, 1.165) is 24.9 Å². The predicted molar refractivity (Wildman–Crippen MR) is 104 cm³/mol. The average molecular weight is 369 g/mol. The van der Waals surface area contributed by atoms with Gasteiger partial charge in [-0.1, -0.05) is 38.8 Å². The van der Waals surface area contributed by atoms with E-state index in [9.17, 15) is 9.59 Å². The van der Waals surface area contributed by atoms with Crippen molar-refractivity contribution >= 4 is 23.8 Å². The summed E-state index contributed by atoms with van der Waals surface area (Å²) in [5.41, 5.74) is 5.34. The Balaban J connectivity index is 1.38. The smallest absolute Gasteiger partial charge is 0.267 e. The number of rotatable bonds is 4. The van der Waals surface area contributed by atoms with Gasteiger partial charge in [-0.2, -0.15) is 5.10 Å². The minimum atomic E-state index is -0.245. The molecule has 2 amide bonds. The van der Waals surface area contributed by atoms with Crippen LogP contribution < -0.4 is 10.7 Å². The molecule has 0 radical (unpaired) electrons. The van der Waals surface area contributed by atoms with E-state index in [0.29, 0.717) is 17.9 Å². The molecule has 4 rings (SSSR count). The van der Waals surface area contributed by atoms with Crippen molar-refractivity contribution in [2.75, 3.05) is 11.9 Å². The number of anilines is 1. The SMILES string of the molecule is CC(C)c1ccc(NC(=O)CN2N=CN3NC4CCCCC4C3C2=O)cc1. The molecule has 2 heterocycles. The molecule has 2 N–H and O–H groups in total. The molecule has 3 aliphatic rings. The highest BCUT2D eigenvalue weighted by Gasteiger charge is 2.48. The molecular weight excluding hydrogens is 342 g/mol. The van der Waals surface area contributed by atoms with E-state index in [4.69, 9.17) is 0 Å². The van der Waals surface area contributed by atoms with Gasteiger partial charge in [0.2, 0.25) is 5.91 Å². The van der Waals surface area contributed by atoms with Gasteiger partial charge in [0, 0.05) is 17.6 Å². The van der Waals surface area contributed by atoms with Crippen LogP contribution in [0.5, 0.6) is 0 Å². The van der Waals surface area contributed by atoms with E-state index in [1.807, 2.05) is 29.3 Å². The van der Waals surface area contributed by atoms with Gasteiger partial charge in [0.25, 0.3) is 5.91 Å². The fraction of sp³-hybridized carbons (Fsp3) is 0.550. The van der Waals surface area contributed by atoms with Crippen molar-refractivity contribution in [3.63, 3.8) is 0 Å². The minimum Gasteiger partial charge on any atom is -0.324 e. The quantitative estimate of drug-likeness (QED) is 0.854. The highest BCUT2D eigenvalue weighted by molar-refractivity contribution is 5.96. The van der Waals surface area contributed by atoms with Crippen LogP contribution in [-0.4, -0.2) is 46.8 Å². The van der Waals surface area contributed by atoms with Gasteiger partial charge < -0.3 is 5.32 Å². The molecule has 3 atom stereocenters. The van der Waals surface area contributed by atoms with Crippen LogP contribution in [0, 0.1) is 5.92 Å². The number of fused-ring (bicyclic) bond motifs is 3. The Morgan fingerprint density at radius 1 is 1.26 bits per heavy atom. The number of nitrogens with one attached hydrogen (secondary N) is 2. The predicted octanol–water partition coefficient (Wildman–Crippen LogP) is 2.28. The normalized spacial score (nSPS) is 26.9. The first kappa shape index (κ1) is 18.0. The van der Waals surface area contributed by atoms with Gasteiger partial charge in [-0.3, -0.25) is 14.6 Å². The Bertz CT molecular complexity index is 745. The van der Waals surface area contributed by atoms with Gasteiger partial charge in [0.05, 0.1) is 0 Å². The largest absolute Gasteiger partial charge is 0.324 e. The Hall–Kier alpha value is -2.41. The number of benzene rings is 1. The molecule has 0 aromatic heterocycles. The Morgan fingerprint density at radius 2 is 2.00 bits per heavy atom. The minimum absolute atomic E-state index is 0.0665. The lowest BCUT2D eigenvalue weighted by molar-refractivity contribution is -0.140. The number of nitrogens with zero attached hydrogens (tertiary/aromatic N) is 3. The number of carbonyl (C=O) groups excluding carboxylic acids is 2. The standard InChI is InChI=1S/C20H27N5O2/c1-13(2)14-7-9-15(10-8-14)22-18(26)11-24-20(27)19-16-5-3-4-6-17(16)23-25(19)12-21-24/h7-10,12-13,16-17,19,23H,3-6,11H2,1-2H3,(H,22,26). The fourth-order valence-electron chi connectivity index (χ4n) is 4.32. The van der Waals surface area contributed by atoms with Crippen LogP contribution in [0.2, 0.25) is 0 Å². The molecule has 2 aliphatic heterocycles. The van der Waals surface area contributed by atoms with Crippen LogP contribution in [0.1, 0.15) is 51.0 Å². The first-order valence-corrected chi connectivity index (χ1v) is 9.83. The summed E-state index contributed by atoms with van der Waals surface area (Å²) in [6.45, 7) is 4.19. The third-order valence-electron chi connectivity index (χ3n) is 5.82. The van der Waals surface area contributed by atoms with E-state index < -0.39 is 0 Å². The molecule has 1 saturated heterocycles. The second-order valence-electron chi connectivity index (χ2n) is 7.99. The van der Waals surface area contributed by atoms with Crippen LogP contribution >= 0.6 is 0 Å². The van der Waals surface area contributed by atoms with E-state index in [1.165, 1.54) is 17.0 Å². The monoisotopic (exact) mass is 369 g/mol. The van der Waals surface area contributed by atoms with Crippen molar-refractivity contribution in [3.05, 3.63) is 29.8 Å². The Kier molecular flexibility index (Phi) is 4.86. The molecule has 7 nitrogen and oxygen atoms in total. The van der Waals surface area contributed by atoms with Crippen LogP contribution in [-0.2, 0) is 9.59 Å². The Morgan fingerprint density at radius 3 is 2.74 bits per heavy atom. The van der Waals surface area contributed by atoms with Gasteiger partial charge >= 0.3 is 0 Å². The number of carbonyl (C=O) groups is 2. The van der Waals surface area contributed by atoms with Crippen molar-refractivity contribution in [1.82, 2.24) is 15.4 Å². The molecule has 0 spiro atoms. The highest BCUT2D eigenvalue weighted by Crippen LogP contribution is 2.35. The summed E-state index contributed by atoms with van der Waals surface area (Å²) in [4.78, 5) is 25.3. The third kappa shape index (κ3) is 3.56. The maximum Gasteiger partial charge on any atom is 0.267 e. The zero-order valence-corrected chi connectivity index (χ0v) is 15.9. The topological polar surface area (TPSA) is 77.0 Å². The average Bonchev–Trinajstić information content (AvgIpc) is 3.04. The number of hydrogen-bond donors (Lipinski definition) is 2. The summed E-state index contributed by atoms with van der Waals surface area (Å²) < 4.78 is 0. The van der Waals surface area contributed by atoms with Gasteiger partial charge in [0.1, 0.15) is 18.9 Å². The van der Waals surface area contributed by atoms with Crippen molar-refractivity contribution in [2.45, 2.75) is 57.5 Å². The lowest BCUT2D eigenvalue weighted by atomic mass is 9.81. The van der Waals surface area contributed by atoms with Crippen LogP contribution in [0.3, 0.4) is 0 Å². The van der Waals surface area contributed by atoms with E-state index in [-0.39, 0.29) is 24.4 Å². The molecule has 27 heavy (non-hydrogen) atoms. The van der Waals surface area contributed by atoms with Crippen molar-refractivity contribution in [2.24, 2.45) is 11.0 Å². The maximum absolute atomic E-state index is 12.9. The first-order valence-electron chi connectivity index (χ1n) is 9.83.